The van der Waals surface area contributed by atoms with Crippen LogP contribution < -0.4 is 0 Å². The molecule has 0 bridgehead atoms. The van der Waals surface area contributed by atoms with E-state index in [1.807, 2.05) is 12.1 Å². The van der Waals surface area contributed by atoms with Crippen molar-refractivity contribution in [3.8, 4) is 0 Å². The van der Waals surface area contributed by atoms with E-state index in [1.54, 1.807) is 17.8 Å². The van der Waals surface area contributed by atoms with Gasteiger partial charge in [0.05, 0.1) is 18.2 Å². The summed E-state index contributed by atoms with van der Waals surface area (Å²) in [5.74, 6) is -0.250. The number of carbonyl (C=O) groups is 1. The molecule has 1 saturated heterocycles. The van der Waals surface area contributed by atoms with Crippen molar-refractivity contribution < 1.29 is 14.4 Å². The molecule has 1 fully saturated rings. The molecule has 21 heavy (non-hydrogen) atoms. The molecule has 1 aromatic heterocycles. The number of rotatable bonds is 3. The second-order valence-electron chi connectivity index (χ2n) is 5.01. The first-order valence-electron chi connectivity index (χ1n) is 7.00. The molecule has 1 unspecified atom stereocenters. The summed E-state index contributed by atoms with van der Waals surface area (Å²) in [5, 5.41) is 9.51. The Labute approximate surface area is 122 Å². The molecule has 2 aromatic rings. The second-order valence-corrected chi connectivity index (χ2v) is 5.01. The lowest BCUT2D eigenvalue weighted by atomic mass is 10.1. The van der Waals surface area contributed by atoms with Crippen LogP contribution in [0.5, 0.6) is 0 Å². The Morgan fingerprint density at radius 3 is 3.05 bits per heavy atom. The fourth-order valence-electron chi connectivity index (χ4n) is 2.52. The van der Waals surface area contributed by atoms with E-state index in [-0.39, 0.29) is 12.1 Å². The third-order valence-corrected chi connectivity index (χ3v) is 3.72. The minimum absolute atomic E-state index is 0.103. The first kappa shape index (κ1) is 14.0. The SMILES string of the molecule is CON(C)C(=O)c1cccc2c1nnn2C1CCCCO1. The summed E-state index contributed by atoms with van der Waals surface area (Å²) in [6.07, 6.45) is 2.99. The minimum atomic E-state index is -0.250. The molecule has 3 rings (SSSR count). The van der Waals surface area contributed by atoms with E-state index < -0.39 is 0 Å². The van der Waals surface area contributed by atoms with E-state index in [2.05, 4.69) is 10.3 Å². The molecule has 1 amide bonds. The first-order valence-corrected chi connectivity index (χ1v) is 7.00. The fourth-order valence-corrected chi connectivity index (χ4v) is 2.52. The van der Waals surface area contributed by atoms with E-state index in [0.717, 1.165) is 31.4 Å². The van der Waals surface area contributed by atoms with E-state index >= 15 is 0 Å². The molecular weight excluding hydrogens is 272 g/mol. The van der Waals surface area contributed by atoms with Gasteiger partial charge in [-0.05, 0) is 31.4 Å². The van der Waals surface area contributed by atoms with Crippen molar-refractivity contribution in [2.45, 2.75) is 25.5 Å². The van der Waals surface area contributed by atoms with Gasteiger partial charge >= 0.3 is 0 Å². The normalized spacial score (nSPS) is 18.9. The van der Waals surface area contributed by atoms with Crippen LogP contribution in [-0.4, -0.2) is 46.7 Å². The Balaban J connectivity index is 2.01. The van der Waals surface area contributed by atoms with Gasteiger partial charge in [0.2, 0.25) is 0 Å². The molecule has 0 saturated carbocycles. The number of hydrogen-bond acceptors (Lipinski definition) is 5. The van der Waals surface area contributed by atoms with E-state index in [9.17, 15) is 4.79 Å². The predicted octanol–water partition coefficient (Wildman–Crippen LogP) is 1.76. The molecule has 0 aliphatic carbocycles. The van der Waals surface area contributed by atoms with Gasteiger partial charge in [-0.3, -0.25) is 9.63 Å². The quantitative estimate of drug-likeness (QED) is 0.806. The van der Waals surface area contributed by atoms with Gasteiger partial charge in [0.15, 0.2) is 6.23 Å². The highest BCUT2D eigenvalue weighted by atomic mass is 16.7. The van der Waals surface area contributed by atoms with Gasteiger partial charge < -0.3 is 4.74 Å². The summed E-state index contributed by atoms with van der Waals surface area (Å²) in [4.78, 5) is 17.2. The number of hydrogen-bond donors (Lipinski definition) is 0. The van der Waals surface area contributed by atoms with Gasteiger partial charge in [0.1, 0.15) is 5.52 Å². The summed E-state index contributed by atoms with van der Waals surface area (Å²) in [6.45, 7) is 0.733. The molecule has 1 atom stereocenters. The number of hydroxylamine groups is 2. The van der Waals surface area contributed by atoms with Gasteiger partial charge in [-0.1, -0.05) is 11.3 Å². The van der Waals surface area contributed by atoms with Gasteiger partial charge in [-0.15, -0.1) is 5.10 Å². The Bertz CT molecular complexity index is 649. The van der Waals surface area contributed by atoms with Crippen molar-refractivity contribution in [1.29, 1.82) is 0 Å². The number of nitrogens with zero attached hydrogens (tertiary/aromatic N) is 4. The maximum absolute atomic E-state index is 12.3. The zero-order valence-electron chi connectivity index (χ0n) is 12.2. The maximum Gasteiger partial charge on any atom is 0.279 e. The topological polar surface area (TPSA) is 69.5 Å². The number of fused-ring (bicyclic) bond motifs is 1. The van der Waals surface area contributed by atoms with Crippen LogP contribution in [0.2, 0.25) is 0 Å². The molecule has 0 N–H and O–H groups in total. The van der Waals surface area contributed by atoms with Crippen LogP contribution in [0.1, 0.15) is 35.8 Å². The summed E-state index contributed by atoms with van der Waals surface area (Å²) in [6, 6.07) is 5.44. The average molecular weight is 290 g/mol. The Morgan fingerprint density at radius 2 is 2.33 bits per heavy atom. The number of carbonyl (C=O) groups excluding carboxylic acids is 1. The maximum atomic E-state index is 12.3. The molecule has 0 spiro atoms. The molecule has 1 aliphatic heterocycles. The van der Waals surface area contributed by atoms with Crippen LogP contribution in [-0.2, 0) is 9.57 Å². The highest BCUT2D eigenvalue weighted by Gasteiger charge is 2.22. The molecule has 1 aromatic carbocycles. The Morgan fingerprint density at radius 1 is 1.48 bits per heavy atom. The minimum Gasteiger partial charge on any atom is -0.356 e. The molecule has 7 heteroatoms. The lowest BCUT2D eigenvalue weighted by Gasteiger charge is -2.22. The van der Waals surface area contributed by atoms with Crippen molar-refractivity contribution >= 4 is 16.9 Å². The zero-order valence-corrected chi connectivity index (χ0v) is 12.2. The van der Waals surface area contributed by atoms with Gasteiger partial charge in [0.25, 0.3) is 5.91 Å². The second kappa shape index (κ2) is 5.79. The number of benzene rings is 1. The highest BCUT2D eigenvalue weighted by Crippen LogP contribution is 2.26. The van der Waals surface area contributed by atoms with Gasteiger partial charge in [-0.25, -0.2) is 9.75 Å². The van der Waals surface area contributed by atoms with Gasteiger partial charge in [-0.2, -0.15) is 0 Å². The van der Waals surface area contributed by atoms with Crippen LogP contribution >= 0.6 is 0 Å². The summed E-state index contributed by atoms with van der Waals surface area (Å²) >= 11 is 0. The Hall–Kier alpha value is -1.99. The molecule has 2 heterocycles. The molecule has 0 radical (unpaired) electrons. The summed E-state index contributed by atoms with van der Waals surface area (Å²) in [5.41, 5.74) is 1.84. The Kier molecular flexibility index (Phi) is 3.85. The van der Waals surface area contributed by atoms with Crippen LogP contribution in [0.25, 0.3) is 11.0 Å². The summed E-state index contributed by atoms with van der Waals surface area (Å²) in [7, 11) is 3.01. The van der Waals surface area contributed by atoms with Crippen molar-refractivity contribution in [2.24, 2.45) is 0 Å². The van der Waals surface area contributed by atoms with Crippen molar-refractivity contribution in [3.63, 3.8) is 0 Å². The molecule has 7 nitrogen and oxygen atoms in total. The van der Waals surface area contributed by atoms with Crippen molar-refractivity contribution in [3.05, 3.63) is 23.8 Å². The highest BCUT2D eigenvalue weighted by molar-refractivity contribution is 6.04. The van der Waals surface area contributed by atoms with Crippen molar-refractivity contribution in [1.82, 2.24) is 20.1 Å². The standard InChI is InChI=1S/C14H18N4O3/c1-17(20-2)14(19)10-6-5-7-11-13(10)15-16-18(11)12-8-3-4-9-21-12/h5-7,12H,3-4,8-9H2,1-2H3. The predicted molar refractivity (Wildman–Crippen MR) is 75.5 cm³/mol. The molecular formula is C14H18N4O3. The lowest BCUT2D eigenvalue weighted by Crippen LogP contribution is -2.25. The van der Waals surface area contributed by atoms with Crippen LogP contribution in [0.3, 0.4) is 0 Å². The molecule has 112 valence electrons. The largest absolute Gasteiger partial charge is 0.356 e. The first-order chi connectivity index (χ1) is 10.2. The number of aromatic nitrogens is 3. The van der Waals surface area contributed by atoms with E-state index in [0.29, 0.717) is 11.1 Å². The van der Waals surface area contributed by atoms with Crippen LogP contribution in [0, 0.1) is 0 Å². The number of ether oxygens (including phenoxy) is 1. The van der Waals surface area contributed by atoms with Gasteiger partial charge in [0, 0.05) is 13.7 Å². The average Bonchev–Trinajstić information content (AvgIpc) is 2.98. The van der Waals surface area contributed by atoms with E-state index in [4.69, 9.17) is 9.57 Å². The van der Waals surface area contributed by atoms with Crippen LogP contribution in [0.15, 0.2) is 18.2 Å². The molecule has 1 aliphatic rings. The fraction of sp³-hybridized carbons (Fsp3) is 0.500. The monoisotopic (exact) mass is 290 g/mol. The third-order valence-electron chi connectivity index (χ3n) is 3.72. The van der Waals surface area contributed by atoms with Crippen molar-refractivity contribution in [2.75, 3.05) is 20.8 Å². The lowest BCUT2D eigenvalue weighted by molar-refractivity contribution is -0.0755. The number of amides is 1. The third kappa shape index (κ3) is 2.50. The van der Waals surface area contributed by atoms with Crippen LogP contribution in [0.4, 0.5) is 0 Å². The zero-order chi connectivity index (χ0) is 14.8. The van der Waals surface area contributed by atoms with E-state index in [1.165, 1.54) is 12.2 Å². The summed E-state index contributed by atoms with van der Waals surface area (Å²) < 4.78 is 7.50. The smallest absolute Gasteiger partial charge is 0.279 e.